The maximum atomic E-state index is 12.5. The van der Waals surface area contributed by atoms with E-state index >= 15 is 0 Å². The number of rotatable bonds is 5. The standard InChI is InChI=1S/C22H17N3O2S2/c26-20(24-21(28)25-22-23-18-11-4-5-12-19(18)29-22)16-9-6-10-17(13-16)27-14-15-7-2-1-3-8-15/h1-13H,14H2,(H2,23,24,25,26,28). The third kappa shape index (κ3) is 4.96. The number of thiazole rings is 1. The summed E-state index contributed by atoms with van der Waals surface area (Å²) in [5.41, 5.74) is 2.41. The number of carbonyl (C=O) groups excluding carboxylic acids is 1. The van der Waals surface area contributed by atoms with Gasteiger partial charge in [0.2, 0.25) is 0 Å². The minimum Gasteiger partial charge on any atom is -0.489 e. The van der Waals surface area contributed by atoms with E-state index in [1.54, 1.807) is 18.2 Å². The molecule has 0 spiro atoms. The van der Waals surface area contributed by atoms with Crippen LogP contribution in [0.25, 0.3) is 10.2 Å². The summed E-state index contributed by atoms with van der Waals surface area (Å²) in [7, 11) is 0. The number of hydrogen-bond acceptors (Lipinski definition) is 5. The number of fused-ring (bicyclic) bond motifs is 1. The Morgan fingerprint density at radius 1 is 1.00 bits per heavy atom. The summed E-state index contributed by atoms with van der Waals surface area (Å²) >= 11 is 6.73. The van der Waals surface area contributed by atoms with E-state index in [2.05, 4.69) is 15.6 Å². The maximum absolute atomic E-state index is 12.5. The number of ether oxygens (including phenoxy) is 1. The molecule has 1 amide bonds. The van der Waals surface area contributed by atoms with Gasteiger partial charge in [-0.15, -0.1) is 0 Å². The highest BCUT2D eigenvalue weighted by Crippen LogP contribution is 2.25. The number of nitrogens with one attached hydrogen (secondary N) is 2. The quantitative estimate of drug-likeness (QED) is 0.446. The molecule has 0 aliphatic rings. The second-order valence-electron chi connectivity index (χ2n) is 6.20. The van der Waals surface area contributed by atoms with Gasteiger partial charge in [-0.05, 0) is 48.1 Å². The molecule has 0 radical (unpaired) electrons. The Balaban J connectivity index is 1.36. The largest absolute Gasteiger partial charge is 0.489 e. The van der Waals surface area contributed by atoms with Crippen molar-refractivity contribution in [3.05, 3.63) is 90.0 Å². The number of aromatic nitrogens is 1. The van der Waals surface area contributed by atoms with Gasteiger partial charge in [0.25, 0.3) is 5.91 Å². The average molecular weight is 420 g/mol. The molecule has 0 atom stereocenters. The molecule has 29 heavy (non-hydrogen) atoms. The smallest absolute Gasteiger partial charge is 0.257 e. The minimum absolute atomic E-state index is 0.199. The van der Waals surface area contributed by atoms with Crippen LogP contribution in [0.4, 0.5) is 5.13 Å². The Labute approximate surface area is 177 Å². The topological polar surface area (TPSA) is 63.2 Å². The van der Waals surface area contributed by atoms with E-state index in [-0.39, 0.29) is 11.0 Å². The predicted molar refractivity (Wildman–Crippen MR) is 121 cm³/mol. The summed E-state index contributed by atoms with van der Waals surface area (Å²) in [5.74, 6) is 0.306. The fraction of sp³-hybridized carbons (Fsp3) is 0.0455. The molecule has 0 bridgehead atoms. The molecule has 144 valence electrons. The van der Waals surface area contributed by atoms with Crippen LogP contribution < -0.4 is 15.4 Å². The van der Waals surface area contributed by atoms with Crippen LogP contribution in [0.15, 0.2) is 78.9 Å². The van der Waals surface area contributed by atoms with Crippen LogP contribution in [-0.4, -0.2) is 16.0 Å². The van der Waals surface area contributed by atoms with Crippen molar-refractivity contribution >= 4 is 49.9 Å². The van der Waals surface area contributed by atoms with Gasteiger partial charge in [-0.2, -0.15) is 0 Å². The van der Waals surface area contributed by atoms with Gasteiger partial charge < -0.3 is 10.1 Å². The summed E-state index contributed by atoms with van der Waals surface area (Å²) in [6.07, 6.45) is 0. The molecule has 0 aliphatic heterocycles. The molecule has 4 aromatic rings. The molecule has 0 saturated heterocycles. The van der Waals surface area contributed by atoms with E-state index < -0.39 is 0 Å². The zero-order valence-corrected chi connectivity index (χ0v) is 16.9. The lowest BCUT2D eigenvalue weighted by atomic mass is 10.2. The lowest BCUT2D eigenvalue weighted by Crippen LogP contribution is -2.34. The molecule has 1 heterocycles. The first-order valence-corrected chi connectivity index (χ1v) is 10.1. The van der Waals surface area contributed by atoms with Gasteiger partial charge in [-0.25, -0.2) is 4.98 Å². The minimum atomic E-state index is -0.311. The zero-order valence-electron chi connectivity index (χ0n) is 15.3. The average Bonchev–Trinajstić information content (AvgIpc) is 3.15. The Hall–Kier alpha value is -3.29. The van der Waals surface area contributed by atoms with Crippen LogP contribution in [0.1, 0.15) is 15.9 Å². The summed E-state index contributed by atoms with van der Waals surface area (Å²) in [6, 6.07) is 24.7. The summed E-state index contributed by atoms with van der Waals surface area (Å²) < 4.78 is 6.83. The number of benzene rings is 3. The van der Waals surface area contributed by atoms with Gasteiger partial charge in [-0.3, -0.25) is 10.1 Å². The van der Waals surface area contributed by atoms with Crippen molar-refractivity contribution in [1.29, 1.82) is 0 Å². The van der Waals surface area contributed by atoms with Gasteiger partial charge >= 0.3 is 0 Å². The van der Waals surface area contributed by atoms with Gasteiger partial charge in [0, 0.05) is 5.56 Å². The fourth-order valence-electron chi connectivity index (χ4n) is 2.70. The normalized spacial score (nSPS) is 10.5. The summed E-state index contributed by atoms with van der Waals surface area (Å²) in [4.78, 5) is 17.0. The molecule has 2 N–H and O–H groups in total. The molecule has 3 aromatic carbocycles. The Kier molecular flexibility index (Phi) is 5.79. The molecule has 4 rings (SSSR count). The highest BCUT2D eigenvalue weighted by atomic mass is 32.1. The van der Waals surface area contributed by atoms with E-state index in [0.717, 1.165) is 15.8 Å². The van der Waals surface area contributed by atoms with E-state index in [1.807, 2.05) is 60.7 Å². The van der Waals surface area contributed by atoms with Gasteiger partial charge in [0.15, 0.2) is 10.2 Å². The zero-order chi connectivity index (χ0) is 20.1. The van der Waals surface area contributed by atoms with Crippen molar-refractivity contribution in [3.63, 3.8) is 0 Å². The lowest BCUT2D eigenvalue weighted by Gasteiger charge is -2.09. The van der Waals surface area contributed by atoms with E-state index in [0.29, 0.717) is 23.1 Å². The molecule has 0 unspecified atom stereocenters. The molecule has 5 nitrogen and oxygen atoms in total. The fourth-order valence-corrected chi connectivity index (χ4v) is 3.82. The van der Waals surface area contributed by atoms with Crippen molar-refractivity contribution in [2.24, 2.45) is 0 Å². The van der Waals surface area contributed by atoms with Crippen LogP contribution in [-0.2, 0) is 6.61 Å². The highest BCUT2D eigenvalue weighted by molar-refractivity contribution is 7.80. The van der Waals surface area contributed by atoms with Crippen LogP contribution in [0.2, 0.25) is 0 Å². The Morgan fingerprint density at radius 2 is 1.79 bits per heavy atom. The van der Waals surface area contributed by atoms with E-state index in [9.17, 15) is 4.79 Å². The van der Waals surface area contributed by atoms with Crippen LogP contribution in [0, 0.1) is 0 Å². The van der Waals surface area contributed by atoms with Crippen LogP contribution >= 0.6 is 23.6 Å². The van der Waals surface area contributed by atoms with Crippen LogP contribution in [0.3, 0.4) is 0 Å². The van der Waals surface area contributed by atoms with Gasteiger partial charge in [0.1, 0.15) is 12.4 Å². The SMILES string of the molecule is O=C(NC(=S)Nc1nc2ccccc2s1)c1cccc(OCc2ccccc2)c1. The molecular formula is C22H17N3O2S2. The number of carbonyl (C=O) groups is 1. The van der Waals surface area contributed by atoms with E-state index in [4.69, 9.17) is 17.0 Å². The molecule has 7 heteroatoms. The Bertz CT molecular complexity index is 1130. The molecule has 0 fully saturated rings. The van der Waals surface area contributed by atoms with Crippen LogP contribution in [0.5, 0.6) is 5.75 Å². The number of anilines is 1. The first-order valence-electron chi connectivity index (χ1n) is 8.92. The van der Waals surface area contributed by atoms with Crippen molar-refractivity contribution in [2.45, 2.75) is 6.61 Å². The lowest BCUT2D eigenvalue weighted by molar-refractivity contribution is 0.0977. The second kappa shape index (κ2) is 8.81. The second-order valence-corrected chi connectivity index (χ2v) is 7.64. The van der Waals surface area contributed by atoms with Gasteiger partial charge in [-0.1, -0.05) is 59.9 Å². The first kappa shape index (κ1) is 19.0. The maximum Gasteiger partial charge on any atom is 0.257 e. The summed E-state index contributed by atoms with van der Waals surface area (Å²) in [5, 5.41) is 6.49. The number of hydrogen-bond donors (Lipinski definition) is 2. The number of amides is 1. The third-order valence-corrected chi connectivity index (χ3v) is 5.24. The highest BCUT2D eigenvalue weighted by Gasteiger charge is 2.11. The van der Waals surface area contributed by atoms with Crippen molar-refractivity contribution in [3.8, 4) is 5.75 Å². The van der Waals surface area contributed by atoms with Crippen molar-refractivity contribution in [1.82, 2.24) is 10.3 Å². The van der Waals surface area contributed by atoms with Crippen molar-refractivity contribution in [2.75, 3.05) is 5.32 Å². The van der Waals surface area contributed by atoms with Gasteiger partial charge in [0.05, 0.1) is 10.2 Å². The number of nitrogens with zero attached hydrogens (tertiary/aromatic N) is 1. The van der Waals surface area contributed by atoms with E-state index in [1.165, 1.54) is 11.3 Å². The van der Waals surface area contributed by atoms with Crippen molar-refractivity contribution < 1.29 is 9.53 Å². The third-order valence-electron chi connectivity index (χ3n) is 4.09. The molecule has 1 aromatic heterocycles. The Morgan fingerprint density at radius 3 is 2.62 bits per heavy atom. The molecule has 0 aliphatic carbocycles. The monoisotopic (exact) mass is 419 g/mol. The molecule has 0 saturated carbocycles. The number of thiocarbonyl (C=S) groups is 1. The first-order chi connectivity index (χ1) is 14.2. The predicted octanol–water partition coefficient (Wildman–Crippen LogP) is 5.00. The number of para-hydroxylation sites is 1. The molecular weight excluding hydrogens is 402 g/mol. The summed E-state index contributed by atoms with van der Waals surface area (Å²) in [6.45, 7) is 0.434.